The van der Waals surface area contributed by atoms with Crippen LogP contribution in [0.2, 0.25) is 0 Å². The summed E-state index contributed by atoms with van der Waals surface area (Å²) >= 11 is 0. The third-order valence-corrected chi connectivity index (χ3v) is 7.69. The van der Waals surface area contributed by atoms with E-state index >= 15 is 0 Å². The molecule has 2 N–H and O–H groups in total. The summed E-state index contributed by atoms with van der Waals surface area (Å²) in [4.78, 5) is 51.7. The Hall–Kier alpha value is -3.97. The highest BCUT2D eigenvalue weighted by Gasteiger charge is 2.38. The molecule has 1 aromatic carbocycles. The first-order valence-electron chi connectivity index (χ1n) is 14.0. The third-order valence-electron chi connectivity index (χ3n) is 7.69. The largest absolute Gasteiger partial charge is 0.379 e. The zero-order valence-corrected chi connectivity index (χ0v) is 24.2. The van der Waals surface area contributed by atoms with Crippen molar-refractivity contribution in [3.8, 4) is 0 Å². The molecule has 0 bridgehead atoms. The standard InChI is InChI=1S/C29H37F2N7O4/c1-18(32-3)26(39)35-25(19(2)42-4)28(41)38-12-5-6-23(38)16-36(13-11-20-7-9-21(30)10-8-20)27(40)24-17-37-15-22(31)14-33-29(37)34-24/h7-10,14-15,17-19,23,25,32H,5-6,11-13,16H2,1-4H3,(H,35,39). The molecule has 3 amide bonds. The number of hydrogen-bond acceptors (Lipinski definition) is 7. The lowest BCUT2D eigenvalue weighted by atomic mass is 10.1. The molecule has 1 aliphatic heterocycles. The number of carbonyl (C=O) groups is 3. The third kappa shape index (κ3) is 7.26. The molecule has 4 unspecified atom stereocenters. The van der Waals surface area contributed by atoms with Crippen molar-refractivity contribution in [3.63, 3.8) is 0 Å². The fourth-order valence-corrected chi connectivity index (χ4v) is 4.99. The Morgan fingerprint density at radius 3 is 2.57 bits per heavy atom. The van der Waals surface area contributed by atoms with E-state index in [1.165, 1.54) is 36.0 Å². The van der Waals surface area contributed by atoms with Gasteiger partial charge in [-0.05, 0) is 57.9 Å². The monoisotopic (exact) mass is 585 g/mol. The second kappa shape index (κ2) is 13.8. The second-order valence-corrected chi connectivity index (χ2v) is 10.5. The lowest BCUT2D eigenvalue weighted by Crippen LogP contribution is -2.58. The summed E-state index contributed by atoms with van der Waals surface area (Å²) in [5.41, 5.74) is 0.921. The molecular weight excluding hydrogens is 548 g/mol. The Balaban J connectivity index is 1.57. The Labute approximate surface area is 243 Å². The van der Waals surface area contributed by atoms with Gasteiger partial charge in [-0.1, -0.05) is 12.1 Å². The molecule has 0 radical (unpaired) electrons. The molecule has 0 saturated carbocycles. The molecule has 42 heavy (non-hydrogen) atoms. The van der Waals surface area contributed by atoms with Crippen LogP contribution in [0.5, 0.6) is 0 Å². The van der Waals surface area contributed by atoms with Crippen LogP contribution < -0.4 is 10.6 Å². The number of methoxy groups -OCH3 is 1. The number of likely N-dealkylation sites (N-methyl/N-ethyl adjacent to an activating group) is 1. The van der Waals surface area contributed by atoms with Gasteiger partial charge in [0.1, 0.15) is 17.6 Å². The molecule has 226 valence electrons. The van der Waals surface area contributed by atoms with E-state index in [0.29, 0.717) is 19.4 Å². The molecule has 0 aliphatic carbocycles. The first kappa shape index (κ1) is 31.0. The number of amides is 3. The first-order chi connectivity index (χ1) is 20.1. The molecule has 1 aliphatic rings. The van der Waals surface area contributed by atoms with E-state index in [-0.39, 0.29) is 48.2 Å². The predicted octanol–water partition coefficient (Wildman–Crippen LogP) is 1.81. The molecule has 1 fully saturated rings. The van der Waals surface area contributed by atoms with Crippen molar-refractivity contribution in [3.05, 3.63) is 65.7 Å². The van der Waals surface area contributed by atoms with Gasteiger partial charge in [0, 0.05) is 45.2 Å². The molecule has 13 heteroatoms. The average molecular weight is 586 g/mol. The van der Waals surface area contributed by atoms with Crippen LogP contribution >= 0.6 is 0 Å². The van der Waals surface area contributed by atoms with Crippen LogP contribution in [0, 0.1) is 11.6 Å². The van der Waals surface area contributed by atoms with Crippen molar-refractivity contribution in [2.45, 2.75) is 57.3 Å². The maximum absolute atomic E-state index is 13.8. The quantitative estimate of drug-likeness (QED) is 0.333. The van der Waals surface area contributed by atoms with Crippen molar-refractivity contribution >= 4 is 23.5 Å². The van der Waals surface area contributed by atoms with Gasteiger partial charge >= 0.3 is 0 Å². The minimum atomic E-state index is -0.915. The summed E-state index contributed by atoms with van der Waals surface area (Å²) in [7, 11) is 3.13. The summed E-state index contributed by atoms with van der Waals surface area (Å²) in [6.07, 6.45) is 4.86. The normalized spacial score (nSPS) is 17.2. The number of likely N-dealkylation sites (tertiary alicyclic amines) is 1. The highest BCUT2D eigenvalue weighted by Crippen LogP contribution is 2.22. The number of aromatic nitrogens is 3. The van der Waals surface area contributed by atoms with Crippen molar-refractivity contribution in [2.24, 2.45) is 0 Å². The molecule has 11 nitrogen and oxygen atoms in total. The van der Waals surface area contributed by atoms with Crippen LogP contribution in [0.3, 0.4) is 0 Å². The smallest absolute Gasteiger partial charge is 0.274 e. The van der Waals surface area contributed by atoms with Gasteiger partial charge in [0.2, 0.25) is 17.6 Å². The number of carbonyl (C=O) groups excluding carboxylic acids is 3. The minimum absolute atomic E-state index is 0.0854. The zero-order chi connectivity index (χ0) is 30.4. The van der Waals surface area contributed by atoms with Crippen molar-refractivity contribution in [1.29, 1.82) is 0 Å². The van der Waals surface area contributed by atoms with Gasteiger partial charge in [-0.25, -0.2) is 18.7 Å². The van der Waals surface area contributed by atoms with E-state index < -0.39 is 29.9 Å². The molecule has 1 saturated heterocycles. The fraction of sp³-hybridized carbons (Fsp3) is 0.483. The summed E-state index contributed by atoms with van der Waals surface area (Å²) in [5, 5.41) is 5.68. The van der Waals surface area contributed by atoms with Crippen molar-refractivity contribution in [1.82, 2.24) is 34.8 Å². The maximum Gasteiger partial charge on any atom is 0.274 e. The van der Waals surface area contributed by atoms with Crippen molar-refractivity contribution < 1.29 is 27.9 Å². The summed E-state index contributed by atoms with van der Waals surface area (Å²) in [5.74, 6) is -1.76. The van der Waals surface area contributed by atoms with E-state index in [2.05, 4.69) is 20.6 Å². The van der Waals surface area contributed by atoms with E-state index in [9.17, 15) is 23.2 Å². The van der Waals surface area contributed by atoms with Gasteiger partial charge in [-0.15, -0.1) is 0 Å². The van der Waals surface area contributed by atoms with Crippen LogP contribution in [0.4, 0.5) is 8.78 Å². The number of rotatable bonds is 12. The average Bonchev–Trinajstić information content (AvgIpc) is 3.63. The Morgan fingerprint density at radius 2 is 1.88 bits per heavy atom. The zero-order valence-electron chi connectivity index (χ0n) is 24.2. The summed E-state index contributed by atoms with van der Waals surface area (Å²) in [6.45, 7) is 4.35. The van der Waals surface area contributed by atoms with E-state index in [0.717, 1.165) is 18.2 Å². The predicted molar refractivity (Wildman–Crippen MR) is 151 cm³/mol. The first-order valence-corrected chi connectivity index (χ1v) is 14.0. The van der Waals surface area contributed by atoms with Crippen LogP contribution in [0.15, 0.2) is 42.9 Å². The number of halogens is 2. The van der Waals surface area contributed by atoms with Crippen LogP contribution in [0.1, 0.15) is 42.7 Å². The van der Waals surface area contributed by atoms with Gasteiger partial charge in [0.15, 0.2) is 5.82 Å². The molecule has 2 aromatic heterocycles. The van der Waals surface area contributed by atoms with Gasteiger partial charge < -0.3 is 25.2 Å². The SMILES string of the molecule is CNC(C)C(=O)NC(C(=O)N1CCCC1CN(CCc1ccc(F)cc1)C(=O)c1cn2cc(F)cnc2n1)C(C)OC. The minimum Gasteiger partial charge on any atom is -0.379 e. The van der Waals surface area contributed by atoms with Gasteiger partial charge in [0.05, 0.1) is 18.3 Å². The van der Waals surface area contributed by atoms with Gasteiger partial charge in [0.25, 0.3) is 5.91 Å². The Morgan fingerprint density at radius 1 is 1.14 bits per heavy atom. The number of hydrogen-bond donors (Lipinski definition) is 2. The van der Waals surface area contributed by atoms with E-state index in [1.807, 2.05) is 0 Å². The molecule has 0 spiro atoms. The fourth-order valence-electron chi connectivity index (χ4n) is 4.99. The summed E-state index contributed by atoms with van der Waals surface area (Å²) < 4.78 is 34.0. The number of nitrogens with zero attached hydrogens (tertiary/aromatic N) is 5. The number of nitrogens with one attached hydrogen (secondary N) is 2. The van der Waals surface area contributed by atoms with Crippen molar-refractivity contribution in [2.75, 3.05) is 33.8 Å². The molecule has 4 rings (SSSR count). The number of fused-ring (bicyclic) bond motifs is 1. The number of imidazole rings is 1. The van der Waals surface area contributed by atoms with E-state index in [1.54, 1.807) is 42.8 Å². The Bertz CT molecular complexity index is 1400. The molecule has 3 aromatic rings. The van der Waals surface area contributed by atoms with Crippen LogP contribution in [-0.2, 0) is 20.7 Å². The van der Waals surface area contributed by atoms with Gasteiger partial charge in [-0.3, -0.25) is 18.8 Å². The lowest BCUT2D eigenvalue weighted by Gasteiger charge is -2.34. The van der Waals surface area contributed by atoms with Crippen LogP contribution in [-0.4, -0.2) is 99.9 Å². The molecule has 3 heterocycles. The number of ether oxygens (including phenoxy) is 1. The molecular formula is C29H37F2N7O4. The topological polar surface area (TPSA) is 121 Å². The number of benzene rings is 1. The van der Waals surface area contributed by atoms with Crippen LogP contribution in [0.25, 0.3) is 5.78 Å². The van der Waals surface area contributed by atoms with Gasteiger partial charge in [-0.2, -0.15) is 0 Å². The Kier molecular flexibility index (Phi) is 10.2. The second-order valence-electron chi connectivity index (χ2n) is 10.5. The summed E-state index contributed by atoms with van der Waals surface area (Å²) in [6, 6.07) is 4.29. The van der Waals surface area contributed by atoms with E-state index in [4.69, 9.17) is 4.74 Å². The maximum atomic E-state index is 13.8. The lowest BCUT2D eigenvalue weighted by molar-refractivity contribution is -0.141. The highest BCUT2D eigenvalue weighted by atomic mass is 19.1. The highest BCUT2D eigenvalue weighted by molar-refractivity contribution is 5.93. The molecule has 4 atom stereocenters.